The number of nitrogen functional groups attached to an aromatic ring is 2. The van der Waals surface area contributed by atoms with E-state index in [9.17, 15) is 9.59 Å². The summed E-state index contributed by atoms with van der Waals surface area (Å²) < 4.78 is 14.8. The summed E-state index contributed by atoms with van der Waals surface area (Å²) in [5.74, 6) is 4.41. The fourth-order valence-electron chi connectivity index (χ4n) is 6.13. The maximum absolute atomic E-state index is 12.3. The Balaban J connectivity index is 0.000000174. The molecular formula is C41H41N11O5. The minimum Gasteiger partial charge on any atom is -0.457 e. The van der Waals surface area contributed by atoms with Gasteiger partial charge >= 0.3 is 11.4 Å². The largest absolute Gasteiger partial charge is 0.457 e. The summed E-state index contributed by atoms with van der Waals surface area (Å²) in [7, 11) is 1.92. The number of aliphatic hydroxyl groups is 1. The maximum atomic E-state index is 12.3. The van der Waals surface area contributed by atoms with Crippen LogP contribution in [0.2, 0.25) is 0 Å². The van der Waals surface area contributed by atoms with Crippen LogP contribution in [0.4, 0.5) is 11.6 Å². The zero-order chi connectivity index (χ0) is 40.1. The minimum atomic E-state index is -0.286. The Hall–Kier alpha value is -7.30. The van der Waals surface area contributed by atoms with Crippen LogP contribution in [-0.4, -0.2) is 51.2 Å². The predicted molar refractivity (Wildman–Crippen MR) is 217 cm³/mol. The third kappa shape index (κ3) is 8.83. The number of H-pyrrole nitrogens is 2. The van der Waals surface area contributed by atoms with Crippen molar-refractivity contribution >= 4 is 34.0 Å². The molecule has 8 N–H and O–H groups in total. The number of aliphatic hydroxyl groups excluding tert-OH is 1. The second-order valence-corrected chi connectivity index (χ2v) is 13.2. The third-order valence-electron chi connectivity index (χ3n) is 8.93. The molecule has 0 saturated carbocycles. The number of nitrogens with two attached hydrogens (primary N) is 2. The van der Waals surface area contributed by atoms with Crippen LogP contribution in [0.25, 0.3) is 22.3 Å². The number of fused-ring (bicyclic) bond motifs is 2. The number of anilines is 2. The van der Waals surface area contributed by atoms with E-state index in [0.717, 1.165) is 34.7 Å². The van der Waals surface area contributed by atoms with Gasteiger partial charge in [-0.05, 0) is 91.7 Å². The van der Waals surface area contributed by atoms with E-state index in [2.05, 4.69) is 35.2 Å². The number of aromatic amines is 2. The van der Waals surface area contributed by atoms with Crippen molar-refractivity contribution in [3.63, 3.8) is 0 Å². The molecule has 0 spiro atoms. The van der Waals surface area contributed by atoms with E-state index in [1.165, 1.54) is 10.1 Å². The lowest BCUT2D eigenvalue weighted by Crippen LogP contribution is -2.17. The van der Waals surface area contributed by atoms with Gasteiger partial charge in [0.15, 0.2) is 22.9 Å². The molecule has 8 rings (SSSR count). The van der Waals surface area contributed by atoms with Crippen LogP contribution < -0.4 is 37.6 Å². The first-order valence-corrected chi connectivity index (χ1v) is 18.0. The molecule has 57 heavy (non-hydrogen) atoms. The molecule has 0 amide bonds. The van der Waals surface area contributed by atoms with Crippen molar-refractivity contribution in [2.24, 2.45) is 0 Å². The van der Waals surface area contributed by atoms with Crippen LogP contribution in [-0.2, 0) is 26.2 Å². The molecule has 0 aliphatic carbocycles. The van der Waals surface area contributed by atoms with E-state index in [1.54, 1.807) is 30.5 Å². The average Bonchev–Trinajstić information content (AvgIpc) is 3.69. The third-order valence-corrected chi connectivity index (χ3v) is 8.93. The maximum Gasteiger partial charge on any atom is 0.328 e. The van der Waals surface area contributed by atoms with E-state index in [4.69, 9.17) is 26.0 Å². The molecule has 0 bridgehead atoms. The van der Waals surface area contributed by atoms with E-state index in [0.29, 0.717) is 58.6 Å². The number of imidazole rings is 2. The first kappa shape index (κ1) is 38.0. The second-order valence-electron chi connectivity index (χ2n) is 13.2. The Morgan fingerprint density at radius 1 is 0.579 bits per heavy atom. The zero-order valence-corrected chi connectivity index (χ0v) is 31.5. The monoisotopic (exact) mass is 767 g/mol. The van der Waals surface area contributed by atoms with Crippen molar-refractivity contribution in [1.82, 2.24) is 44.4 Å². The van der Waals surface area contributed by atoms with Gasteiger partial charge in [-0.2, -0.15) is 0 Å². The number of ether oxygens (including phenoxy) is 2. The summed E-state index contributed by atoms with van der Waals surface area (Å²) in [5.41, 5.74) is 17.0. The summed E-state index contributed by atoms with van der Waals surface area (Å²) in [6.07, 6.45) is 0. The summed E-state index contributed by atoms with van der Waals surface area (Å²) in [6.45, 7) is 5.01. The molecule has 16 heteroatoms. The highest BCUT2D eigenvalue weighted by molar-refractivity contribution is 5.82. The van der Waals surface area contributed by atoms with Crippen LogP contribution in [0.5, 0.6) is 23.0 Å². The molecule has 16 nitrogen and oxygen atoms in total. The molecule has 0 aliphatic rings. The average molecular weight is 768 g/mol. The fraction of sp³-hybridized carbons (Fsp3) is 0.171. The molecule has 4 aromatic carbocycles. The predicted octanol–water partition coefficient (Wildman–Crippen LogP) is 4.91. The van der Waals surface area contributed by atoms with Gasteiger partial charge in [-0.3, -0.25) is 9.13 Å². The van der Waals surface area contributed by atoms with E-state index in [-0.39, 0.29) is 29.6 Å². The Morgan fingerprint density at radius 2 is 0.930 bits per heavy atom. The summed E-state index contributed by atoms with van der Waals surface area (Å²) in [6, 6.07) is 30.2. The SMILES string of the molecule is CNCc1ccc(Oc2ccc(Cn3c(=O)[nH]c4c(N)nc(C)nc43)cc2)cc1.Cc1nc(N)c2[nH]c(=O)n(Cc3ccc(Oc4ccc(CO)cc4)cc3)c2n1. The summed E-state index contributed by atoms with van der Waals surface area (Å²) in [4.78, 5) is 47.0. The van der Waals surface area contributed by atoms with Crippen LogP contribution in [0.15, 0.2) is 107 Å². The molecular weight excluding hydrogens is 727 g/mol. The van der Waals surface area contributed by atoms with Crippen molar-refractivity contribution in [3.8, 4) is 23.0 Å². The first-order valence-electron chi connectivity index (χ1n) is 18.0. The van der Waals surface area contributed by atoms with Gasteiger partial charge in [0.2, 0.25) is 0 Å². The van der Waals surface area contributed by atoms with E-state index < -0.39 is 0 Å². The number of aryl methyl sites for hydroxylation is 2. The van der Waals surface area contributed by atoms with E-state index in [1.807, 2.05) is 92.0 Å². The first-order chi connectivity index (χ1) is 27.6. The molecule has 290 valence electrons. The Kier molecular flexibility index (Phi) is 11.1. The van der Waals surface area contributed by atoms with Gasteiger partial charge in [-0.25, -0.2) is 29.5 Å². The second kappa shape index (κ2) is 16.6. The Labute approximate surface area is 325 Å². The lowest BCUT2D eigenvalue weighted by molar-refractivity contribution is 0.281. The quantitative estimate of drug-likeness (QED) is 0.103. The van der Waals surface area contributed by atoms with Gasteiger partial charge in [-0.15, -0.1) is 0 Å². The van der Waals surface area contributed by atoms with Crippen LogP contribution in [0.3, 0.4) is 0 Å². The topological polar surface area (TPSA) is 230 Å². The number of nitrogens with one attached hydrogen (secondary N) is 3. The number of benzene rings is 4. The fourth-order valence-corrected chi connectivity index (χ4v) is 6.13. The lowest BCUT2D eigenvalue weighted by atomic mass is 10.2. The van der Waals surface area contributed by atoms with E-state index >= 15 is 0 Å². The normalized spacial score (nSPS) is 11.1. The smallest absolute Gasteiger partial charge is 0.328 e. The molecule has 0 unspecified atom stereocenters. The Morgan fingerprint density at radius 3 is 1.28 bits per heavy atom. The lowest BCUT2D eigenvalue weighted by Gasteiger charge is -2.08. The highest BCUT2D eigenvalue weighted by atomic mass is 16.5. The number of rotatable bonds is 11. The minimum absolute atomic E-state index is 0.00171. The van der Waals surface area contributed by atoms with Gasteiger partial charge in [0, 0.05) is 6.54 Å². The zero-order valence-electron chi connectivity index (χ0n) is 31.5. The molecule has 8 aromatic rings. The van der Waals surface area contributed by atoms with Gasteiger partial charge in [0.25, 0.3) is 0 Å². The van der Waals surface area contributed by atoms with Gasteiger partial charge < -0.3 is 41.3 Å². The molecule has 4 heterocycles. The summed E-state index contributed by atoms with van der Waals surface area (Å²) >= 11 is 0. The van der Waals surface area contributed by atoms with Crippen LogP contribution in [0, 0.1) is 13.8 Å². The number of nitrogens with zero attached hydrogens (tertiary/aromatic N) is 6. The van der Waals surface area contributed by atoms with Crippen LogP contribution in [0.1, 0.15) is 33.9 Å². The number of hydrogen-bond donors (Lipinski definition) is 6. The molecule has 0 radical (unpaired) electrons. The van der Waals surface area contributed by atoms with Crippen molar-refractivity contribution in [2.45, 2.75) is 40.1 Å². The highest BCUT2D eigenvalue weighted by Gasteiger charge is 2.14. The van der Waals surface area contributed by atoms with Crippen LogP contribution >= 0.6 is 0 Å². The molecule has 0 saturated heterocycles. The van der Waals surface area contributed by atoms with Crippen molar-refractivity contribution < 1.29 is 14.6 Å². The number of aromatic nitrogens is 8. The van der Waals surface area contributed by atoms with Gasteiger partial charge in [0.05, 0.1) is 19.7 Å². The number of hydrogen-bond acceptors (Lipinski definition) is 12. The Bertz CT molecular complexity index is 2750. The summed E-state index contributed by atoms with van der Waals surface area (Å²) in [5, 5.41) is 12.2. The highest BCUT2D eigenvalue weighted by Crippen LogP contribution is 2.25. The van der Waals surface area contributed by atoms with Crippen molar-refractivity contribution in [3.05, 3.63) is 152 Å². The van der Waals surface area contributed by atoms with Crippen molar-refractivity contribution in [2.75, 3.05) is 18.5 Å². The molecule has 4 aromatic heterocycles. The molecule has 0 atom stereocenters. The van der Waals surface area contributed by atoms with Gasteiger partial charge in [0.1, 0.15) is 45.7 Å². The van der Waals surface area contributed by atoms with Crippen molar-refractivity contribution in [1.29, 1.82) is 0 Å². The standard InChI is InChI=1S/C21H22N6O2.C20H19N5O3/c1-13-24-19(22)18-20(25-13)27(21(28)26-18)12-15-5-9-17(10-6-15)29-16-7-3-14(4-8-16)11-23-2;1-12-22-18(21)17-19(23-12)25(20(27)24-17)10-13-2-6-15(7-3-13)28-16-8-4-14(11-26)5-9-16/h3-10,23H,11-12H2,1-2H3,(H,26,28)(H2,22,24,25);2-9,26H,10-11H2,1H3,(H,24,27)(H2,21,22,23). The molecule has 0 aliphatic heterocycles. The van der Waals surface area contributed by atoms with Gasteiger partial charge in [-0.1, -0.05) is 48.5 Å². The molecule has 0 fully saturated rings.